The fraction of sp³-hybridized carbons (Fsp3) is 0.200. The van der Waals surface area contributed by atoms with Crippen LogP contribution < -0.4 is 16.0 Å². The van der Waals surface area contributed by atoms with Crippen molar-refractivity contribution in [1.82, 2.24) is 18.7 Å². The lowest BCUT2D eigenvalue weighted by Gasteiger charge is -2.05. The average molecular weight is 311 g/mol. The van der Waals surface area contributed by atoms with Gasteiger partial charge in [-0.15, -0.1) is 0 Å². The molecule has 3 aromatic rings. The number of nitriles is 1. The number of fused-ring (bicyclic) bond motifs is 1. The number of benzene rings is 1. The van der Waals surface area contributed by atoms with Gasteiger partial charge in [-0.05, 0) is 24.3 Å². The normalized spacial score (nSPS) is 10.7. The van der Waals surface area contributed by atoms with Gasteiger partial charge < -0.3 is 4.74 Å². The lowest BCUT2D eigenvalue weighted by Crippen LogP contribution is -2.37. The van der Waals surface area contributed by atoms with Crippen LogP contribution in [0, 0.1) is 11.3 Å². The van der Waals surface area contributed by atoms with Gasteiger partial charge in [0.15, 0.2) is 11.2 Å². The number of ether oxygens (including phenoxy) is 1. The summed E-state index contributed by atoms with van der Waals surface area (Å²) < 4.78 is 9.47. The van der Waals surface area contributed by atoms with Gasteiger partial charge in [0.05, 0.1) is 11.6 Å². The highest BCUT2D eigenvalue weighted by molar-refractivity contribution is 5.71. The molecule has 0 bridgehead atoms. The first kappa shape index (κ1) is 14.6. The van der Waals surface area contributed by atoms with Crippen molar-refractivity contribution in [1.29, 1.82) is 5.26 Å². The van der Waals surface area contributed by atoms with Crippen LogP contribution in [-0.4, -0.2) is 18.7 Å². The highest BCUT2D eigenvalue weighted by Gasteiger charge is 2.18. The average Bonchev–Trinajstić information content (AvgIpc) is 2.88. The molecule has 0 N–H and O–H groups in total. The van der Waals surface area contributed by atoms with E-state index in [0.717, 1.165) is 4.57 Å². The molecule has 8 heteroatoms. The number of imidazole rings is 1. The van der Waals surface area contributed by atoms with Crippen LogP contribution in [0.25, 0.3) is 11.2 Å². The monoisotopic (exact) mass is 311 g/mol. The standard InChI is InChI=1S/C15H13N5O3/c1-18-11-12(19(2)15(22)20(3)13(11)21)17-14(18)23-10-6-4-9(8-16)5-7-10/h4-7H,1-3H3. The Morgan fingerprint density at radius 1 is 1.04 bits per heavy atom. The van der Waals surface area contributed by atoms with Crippen molar-refractivity contribution in [2.45, 2.75) is 0 Å². The zero-order valence-electron chi connectivity index (χ0n) is 12.8. The van der Waals surface area contributed by atoms with Gasteiger partial charge in [-0.25, -0.2) is 4.79 Å². The number of rotatable bonds is 2. The molecule has 0 saturated carbocycles. The fourth-order valence-corrected chi connectivity index (χ4v) is 2.29. The van der Waals surface area contributed by atoms with E-state index in [-0.39, 0.29) is 17.2 Å². The second-order valence-corrected chi connectivity index (χ2v) is 5.07. The number of nitrogens with zero attached hydrogens (tertiary/aromatic N) is 5. The molecule has 0 aliphatic carbocycles. The van der Waals surface area contributed by atoms with Crippen LogP contribution in [0.2, 0.25) is 0 Å². The summed E-state index contributed by atoms with van der Waals surface area (Å²) in [5.74, 6) is 0.476. The molecule has 116 valence electrons. The third kappa shape index (κ3) is 2.19. The number of hydrogen-bond acceptors (Lipinski definition) is 5. The first-order valence-electron chi connectivity index (χ1n) is 6.74. The highest BCUT2D eigenvalue weighted by atomic mass is 16.5. The molecule has 8 nitrogen and oxygen atoms in total. The van der Waals surface area contributed by atoms with Crippen LogP contribution in [0.1, 0.15) is 5.56 Å². The Kier molecular flexibility index (Phi) is 3.26. The molecule has 0 aliphatic heterocycles. The van der Waals surface area contributed by atoms with Gasteiger partial charge in [0, 0.05) is 21.1 Å². The van der Waals surface area contributed by atoms with Gasteiger partial charge in [-0.2, -0.15) is 10.2 Å². The second-order valence-electron chi connectivity index (χ2n) is 5.07. The van der Waals surface area contributed by atoms with E-state index in [9.17, 15) is 9.59 Å². The largest absolute Gasteiger partial charge is 0.425 e. The molecule has 3 rings (SSSR count). The molecule has 23 heavy (non-hydrogen) atoms. The molecule has 0 atom stereocenters. The zero-order valence-corrected chi connectivity index (χ0v) is 12.8. The first-order chi connectivity index (χ1) is 10.9. The minimum Gasteiger partial charge on any atom is -0.425 e. The van der Waals surface area contributed by atoms with Crippen LogP contribution in [0.15, 0.2) is 33.9 Å². The maximum atomic E-state index is 12.3. The van der Waals surface area contributed by atoms with E-state index in [0.29, 0.717) is 11.3 Å². The molecule has 2 aromatic heterocycles. The van der Waals surface area contributed by atoms with E-state index in [1.807, 2.05) is 6.07 Å². The third-order valence-electron chi connectivity index (χ3n) is 3.63. The zero-order chi connectivity index (χ0) is 16.7. The molecule has 0 radical (unpaired) electrons. The van der Waals surface area contributed by atoms with Crippen molar-refractivity contribution >= 4 is 11.2 Å². The van der Waals surface area contributed by atoms with E-state index in [1.54, 1.807) is 38.4 Å². The minimum absolute atomic E-state index is 0.183. The predicted octanol–water partition coefficient (Wildman–Crippen LogP) is 0.635. The Morgan fingerprint density at radius 3 is 2.30 bits per heavy atom. The first-order valence-corrected chi connectivity index (χ1v) is 6.74. The maximum Gasteiger partial charge on any atom is 0.332 e. The summed E-state index contributed by atoms with van der Waals surface area (Å²) in [6, 6.07) is 8.71. The summed E-state index contributed by atoms with van der Waals surface area (Å²) in [6.45, 7) is 0. The van der Waals surface area contributed by atoms with Crippen molar-refractivity contribution in [2.24, 2.45) is 21.1 Å². The van der Waals surface area contributed by atoms with Crippen LogP contribution in [0.3, 0.4) is 0 Å². The van der Waals surface area contributed by atoms with Crippen molar-refractivity contribution < 1.29 is 4.74 Å². The van der Waals surface area contributed by atoms with Crippen molar-refractivity contribution in [2.75, 3.05) is 0 Å². The van der Waals surface area contributed by atoms with Gasteiger partial charge in [-0.1, -0.05) is 0 Å². The Morgan fingerprint density at radius 2 is 1.70 bits per heavy atom. The topological polar surface area (TPSA) is 94.8 Å². The highest BCUT2D eigenvalue weighted by Crippen LogP contribution is 2.22. The summed E-state index contributed by atoms with van der Waals surface area (Å²) in [5, 5.41) is 8.79. The van der Waals surface area contributed by atoms with E-state index < -0.39 is 11.2 Å². The summed E-state index contributed by atoms with van der Waals surface area (Å²) in [6.07, 6.45) is 0. The van der Waals surface area contributed by atoms with Gasteiger partial charge in [-0.3, -0.25) is 18.5 Å². The molecule has 0 spiro atoms. The number of aromatic nitrogens is 4. The van der Waals surface area contributed by atoms with Gasteiger partial charge >= 0.3 is 11.7 Å². The van der Waals surface area contributed by atoms with Crippen molar-refractivity contribution in [3.63, 3.8) is 0 Å². The van der Waals surface area contributed by atoms with Crippen molar-refractivity contribution in [3.8, 4) is 17.8 Å². The Labute approximate surface area is 130 Å². The SMILES string of the molecule is Cn1c(=O)c2c(nc(Oc3ccc(C#N)cc3)n2C)n(C)c1=O. The van der Waals surface area contributed by atoms with Gasteiger partial charge in [0.2, 0.25) is 0 Å². The summed E-state index contributed by atoms with van der Waals surface area (Å²) in [4.78, 5) is 28.5. The fourth-order valence-electron chi connectivity index (χ4n) is 2.29. The molecule has 0 fully saturated rings. The predicted molar refractivity (Wildman–Crippen MR) is 82.4 cm³/mol. The minimum atomic E-state index is -0.453. The molecule has 2 heterocycles. The Hall–Kier alpha value is -3.34. The van der Waals surface area contributed by atoms with E-state index in [2.05, 4.69) is 4.98 Å². The quantitative estimate of drug-likeness (QED) is 0.692. The maximum absolute atomic E-state index is 12.3. The Balaban J connectivity index is 2.16. The number of hydrogen-bond donors (Lipinski definition) is 0. The summed E-state index contributed by atoms with van der Waals surface area (Å²) in [7, 11) is 4.60. The van der Waals surface area contributed by atoms with Crippen LogP contribution in [0.4, 0.5) is 0 Å². The summed E-state index contributed by atoms with van der Waals surface area (Å²) >= 11 is 0. The molecule has 0 saturated heterocycles. The molecule has 1 aromatic carbocycles. The lowest BCUT2D eigenvalue weighted by molar-refractivity contribution is 0.427. The van der Waals surface area contributed by atoms with E-state index >= 15 is 0 Å². The third-order valence-corrected chi connectivity index (χ3v) is 3.63. The molecule has 0 unspecified atom stereocenters. The second kappa shape index (κ2) is 5.14. The Bertz CT molecular complexity index is 1060. The lowest BCUT2D eigenvalue weighted by atomic mass is 10.2. The number of aryl methyl sites for hydroxylation is 2. The van der Waals surface area contributed by atoms with Crippen LogP contribution in [0.5, 0.6) is 11.8 Å². The van der Waals surface area contributed by atoms with Crippen molar-refractivity contribution in [3.05, 3.63) is 50.7 Å². The molecule has 0 aliphatic rings. The molecular weight excluding hydrogens is 298 g/mol. The van der Waals surface area contributed by atoms with E-state index in [4.69, 9.17) is 10.00 Å². The van der Waals surface area contributed by atoms with Crippen LogP contribution >= 0.6 is 0 Å². The van der Waals surface area contributed by atoms with Crippen LogP contribution in [-0.2, 0) is 21.1 Å². The molecular formula is C15H13N5O3. The van der Waals surface area contributed by atoms with Gasteiger partial charge in [0.25, 0.3) is 5.56 Å². The molecule has 0 amide bonds. The van der Waals surface area contributed by atoms with Gasteiger partial charge in [0.1, 0.15) is 5.75 Å². The summed E-state index contributed by atoms with van der Waals surface area (Å²) in [5.41, 5.74) is 0.152. The van der Waals surface area contributed by atoms with E-state index in [1.165, 1.54) is 16.2 Å². The smallest absolute Gasteiger partial charge is 0.332 e.